The number of carbonyl (C=O) groups excluding carboxylic acids is 1. The minimum absolute atomic E-state index is 0.318. The van der Waals surface area contributed by atoms with Gasteiger partial charge in [0.25, 0.3) is 0 Å². The average Bonchev–Trinajstić information content (AvgIpc) is 2.68. The Balaban J connectivity index is 1.61. The van der Waals surface area contributed by atoms with Crippen molar-refractivity contribution in [2.75, 3.05) is 38.2 Å². The highest BCUT2D eigenvalue weighted by atomic mass is 16.5. The number of hydrogen-bond acceptors (Lipinski definition) is 6. The molecule has 2 aromatic carbocycles. The second-order valence-electron chi connectivity index (χ2n) is 6.42. The summed E-state index contributed by atoms with van der Waals surface area (Å²) in [5.41, 5.74) is 3.08. The standard InChI is InChI=1S/C21H25N3O3/c1-16(18-8-10-19(11-9-18)27-17(2)25)22-24-14-12-23(13-15-24)20-6-4-5-7-21(20)26-3/h4-11H,12-15H2,1-3H3/b22-16+. The van der Waals surface area contributed by atoms with Gasteiger partial charge in [0.2, 0.25) is 0 Å². The fraction of sp³-hybridized carbons (Fsp3) is 0.333. The van der Waals surface area contributed by atoms with Crippen LogP contribution in [0.1, 0.15) is 19.4 Å². The van der Waals surface area contributed by atoms with Gasteiger partial charge in [-0.05, 0) is 48.9 Å². The second kappa shape index (κ2) is 8.58. The maximum Gasteiger partial charge on any atom is 0.308 e. The number of methoxy groups -OCH3 is 1. The van der Waals surface area contributed by atoms with Crippen LogP contribution in [0.25, 0.3) is 0 Å². The molecule has 0 radical (unpaired) electrons. The fourth-order valence-corrected chi connectivity index (χ4v) is 3.13. The molecule has 6 heteroatoms. The van der Waals surface area contributed by atoms with Crippen molar-refractivity contribution in [2.45, 2.75) is 13.8 Å². The Labute approximate surface area is 160 Å². The van der Waals surface area contributed by atoms with Gasteiger partial charge in [0, 0.05) is 20.0 Å². The summed E-state index contributed by atoms with van der Waals surface area (Å²) in [6.07, 6.45) is 0. The van der Waals surface area contributed by atoms with E-state index in [0.717, 1.165) is 48.9 Å². The van der Waals surface area contributed by atoms with Gasteiger partial charge in [-0.3, -0.25) is 9.80 Å². The summed E-state index contributed by atoms with van der Waals surface area (Å²) in [6.45, 7) is 6.87. The molecular formula is C21H25N3O3. The van der Waals surface area contributed by atoms with Crippen molar-refractivity contribution < 1.29 is 14.3 Å². The quantitative estimate of drug-likeness (QED) is 0.462. The maximum atomic E-state index is 11.0. The Hall–Kier alpha value is -3.02. The van der Waals surface area contributed by atoms with E-state index in [2.05, 4.69) is 16.0 Å². The lowest BCUT2D eigenvalue weighted by molar-refractivity contribution is -0.131. The zero-order valence-electron chi connectivity index (χ0n) is 16.0. The third-order valence-electron chi connectivity index (χ3n) is 4.51. The molecule has 27 heavy (non-hydrogen) atoms. The van der Waals surface area contributed by atoms with Crippen LogP contribution in [0, 0.1) is 0 Å². The predicted octanol–water partition coefficient (Wildman–Crippen LogP) is 3.17. The monoisotopic (exact) mass is 367 g/mol. The van der Waals surface area contributed by atoms with E-state index in [1.54, 1.807) is 19.2 Å². The van der Waals surface area contributed by atoms with Crippen LogP contribution < -0.4 is 14.4 Å². The van der Waals surface area contributed by atoms with Crippen LogP contribution in [0.3, 0.4) is 0 Å². The second-order valence-corrected chi connectivity index (χ2v) is 6.42. The lowest BCUT2D eigenvalue weighted by Gasteiger charge is -2.35. The molecule has 0 atom stereocenters. The fourth-order valence-electron chi connectivity index (χ4n) is 3.13. The third kappa shape index (κ3) is 4.78. The Bertz CT molecular complexity index is 810. The van der Waals surface area contributed by atoms with Gasteiger partial charge in [-0.25, -0.2) is 0 Å². The number of benzene rings is 2. The number of para-hydroxylation sites is 2. The predicted molar refractivity (Wildman–Crippen MR) is 107 cm³/mol. The number of hydrazone groups is 1. The molecule has 1 aliphatic rings. The van der Waals surface area contributed by atoms with Gasteiger partial charge in [0.1, 0.15) is 11.5 Å². The molecule has 1 saturated heterocycles. The molecule has 3 rings (SSSR count). The van der Waals surface area contributed by atoms with E-state index < -0.39 is 0 Å². The molecule has 1 fully saturated rings. The zero-order chi connectivity index (χ0) is 19.2. The molecular weight excluding hydrogens is 342 g/mol. The van der Waals surface area contributed by atoms with Crippen molar-refractivity contribution in [2.24, 2.45) is 5.10 Å². The van der Waals surface area contributed by atoms with Crippen LogP contribution in [0.4, 0.5) is 5.69 Å². The van der Waals surface area contributed by atoms with Crippen molar-refractivity contribution in [1.29, 1.82) is 0 Å². The Kier molecular flexibility index (Phi) is 5.96. The SMILES string of the molecule is COc1ccccc1N1CCN(/N=C(\C)c2ccc(OC(C)=O)cc2)CC1. The summed E-state index contributed by atoms with van der Waals surface area (Å²) in [5, 5.41) is 6.85. The highest BCUT2D eigenvalue weighted by Crippen LogP contribution is 2.28. The summed E-state index contributed by atoms with van der Waals surface area (Å²) in [7, 11) is 1.70. The smallest absolute Gasteiger partial charge is 0.308 e. The summed E-state index contributed by atoms with van der Waals surface area (Å²) >= 11 is 0. The first kappa shape index (κ1) is 18.8. The lowest BCUT2D eigenvalue weighted by atomic mass is 10.1. The van der Waals surface area contributed by atoms with Gasteiger partial charge in [-0.15, -0.1) is 0 Å². The zero-order valence-corrected chi connectivity index (χ0v) is 16.0. The molecule has 0 saturated carbocycles. The highest BCUT2D eigenvalue weighted by Gasteiger charge is 2.18. The highest BCUT2D eigenvalue weighted by molar-refractivity contribution is 5.98. The van der Waals surface area contributed by atoms with Crippen LogP contribution in [-0.4, -0.2) is 50.0 Å². The number of piperazine rings is 1. The largest absolute Gasteiger partial charge is 0.495 e. The molecule has 142 valence electrons. The van der Waals surface area contributed by atoms with E-state index in [-0.39, 0.29) is 5.97 Å². The molecule has 0 aromatic heterocycles. The molecule has 2 aromatic rings. The van der Waals surface area contributed by atoms with Gasteiger partial charge in [0.05, 0.1) is 31.6 Å². The lowest BCUT2D eigenvalue weighted by Crippen LogP contribution is -2.44. The summed E-state index contributed by atoms with van der Waals surface area (Å²) in [5.74, 6) is 1.13. The Morgan fingerprint density at radius 1 is 0.963 bits per heavy atom. The van der Waals surface area contributed by atoms with Crippen molar-refractivity contribution in [3.63, 3.8) is 0 Å². The van der Waals surface area contributed by atoms with Gasteiger partial charge >= 0.3 is 5.97 Å². The van der Waals surface area contributed by atoms with Crippen LogP contribution in [-0.2, 0) is 4.79 Å². The number of esters is 1. The summed E-state index contributed by atoms with van der Waals surface area (Å²) in [4.78, 5) is 13.3. The number of carbonyl (C=O) groups is 1. The molecule has 0 spiro atoms. The van der Waals surface area contributed by atoms with E-state index in [4.69, 9.17) is 14.6 Å². The van der Waals surface area contributed by atoms with Gasteiger partial charge in [-0.1, -0.05) is 12.1 Å². The number of hydrogen-bond donors (Lipinski definition) is 0. The molecule has 6 nitrogen and oxygen atoms in total. The van der Waals surface area contributed by atoms with E-state index in [1.807, 2.05) is 37.3 Å². The minimum atomic E-state index is -0.318. The van der Waals surface area contributed by atoms with Crippen molar-refractivity contribution >= 4 is 17.4 Å². The van der Waals surface area contributed by atoms with Crippen molar-refractivity contribution in [1.82, 2.24) is 5.01 Å². The molecule has 1 heterocycles. The summed E-state index contributed by atoms with van der Waals surface area (Å²) < 4.78 is 10.5. The first-order valence-electron chi connectivity index (χ1n) is 9.04. The molecule has 0 unspecified atom stereocenters. The Morgan fingerprint density at radius 3 is 2.26 bits per heavy atom. The molecule has 0 bridgehead atoms. The maximum absolute atomic E-state index is 11.0. The number of nitrogens with zero attached hydrogens (tertiary/aromatic N) is 3. The van der Waals surface area contributed by atoms with Crippen LogP contribution in [0.2, 0.25) is 0 Å². The van der Waals surface area contributed by atoms with Gasteiger partial charge in [-0.2, -0.15) is 5.10 Å². The van der Waals surface area contributed by atoms with E-state index in [9.17, 15) is 4.79 Å². The average molecular weight is 367 g/mol. The van der Waals surface area contributed by atoms with E-state index in [1.165, 1.54) is 6.92 Å². The van der Waals surface area contributed by atoms with Crippen LogP contribution in [0.5, 0.6) is 11.5 Å². The van der Waals surface area contributed by atoms with E-state index in [0.29, 0.717) is 5.75 Å². The number of rotatable bonds is 5. The first-order valence-corrected chi connectivity index (χ1v) is 9.04. The third-order valence-corrected chi connectivity index (χ3v) is 4.51. The van der Waals surface area contributed by atoms with Crippen molar-refractivity contribution in [3.8, 4) is 11.5 Å². The van der Waals surface area contributed by atoms with Gasteiger partial charge in [0.15, 0.2) is 0 Å². The Morgan fingerprint density at radius 2 is 1.63 bits per heavy atom. The molecule has 1 aliphatic heterocycles. The topological polar surface area (TPSA) is 54.4 Å². The molecule has 0 N–H and O–H groups in total. The van der Waals surface area contributed by atoms with E-state index >= 15 is 0 Å². The summed E-state index contributed by atoms with van der Waals surface area (Å²) in [6, 6.07) is 15.5. The van der Waals surface area contributed by atoms with Crippen LogP contribution >= 0.6 is 0 Å². The van der Waals surface area contributed by atoms with Crippen molar-refractivity contribution in [3.05, 3.63) is 54.1 Å². The number of anilines is 1. The normalized spacial score (nSPS) is 14.9. The van der Waals surface area contributed by atoms with Gasteiger partial charge < -0.3 is 14.4 Å². The minimum Gasteiger partial charge on any atom is -0.495 e. The number of ether oxygens (including phenoxy) is 2. The molecule has 0 amide bonds. The van der Waals surface area contributed by atoms with Crippen LogP contribution in [0.15, 0.2) is 53.6 Å². The first-order chi connectivity index (χ1) is 13.1. The molecule has 0 aliphatic carbocycles.